The Morgan fingerprint density at radius 2 is 1.81 bits per heavy atom. The van der Waals surface area contributed by atoms with E-state index in [1.165, 1.54) is 6.07 Å². The van der Waals surface area contributed by atoms with Gasteiger partial charge >= 0.3 is 0 Å². The molecule has 16 heavy (non-hydrogen) atoms. The number of hydrogen-bond acceptors (Lipinski definition) is 2. The van der Waals surface area contributed by atoms with E-state index in [0.717, 1.165) is 30.4 Å². The molecule has 1 saturated heterocycles. The maximum Gasteiger partial charge on any atom is 0.169 e. The highest BCUT2D eigenvalue weighted by molar-refractivity contribution is 5.30. The molecule has 1 aliphatic heterocycles. The van der Waals surface area contributed by atoms with Crippen molar-refractivity contribution in [2.75, 3.05) is 13.2 Å². The van der Waals surface area contributed by atoms with Gasteiger partial charge in [0.1, 0.15) is 5.82 Å². The Kier molecular flexibility index (Phi) is 2.45. The van der Waals surface area contributed by atoms with Crippen molar-refractivity contribution in [3.63, 3.8) is 0 Å². The third-order valence-corrected chi connectivity index (χ3v) is 3.56. The molecule has 2 aliphatic rings. The summed E-state index contributed by atoms with van der Waals surface area (Å²) in [5, 5.41) is 0. The van der Waals surface area contributed by atoms with Gasteiger partial charge in [0.25, 0.3) is 0 Å². The van der Waals surface area contributed by atoms with E-state index in [1.807, 2.05) is 6.07 Å². The molecule has 1 heterocycles. The Labute approximate surface area is 94.4 Å². The standard InChI is InChI=1S/C13H15FO2/c14-12-3-1-2-10-4-6-13(7-5-11(10)12)15-8-9-16-13/h1-3H,4-9H2. The van der Waals surface area contributed by atoms with Crippen molar-refractivity contribution < 1.29 is 13.9 Å². The molecule has 1 spiro atoms. The summed E-state index contributed by atoms with van der Waals surface area (Å²) in [5.74, 6) is -0.529. The van der Waals surface area contributed by atoms with Gasteiger partial charge in [-0.2, -0.15) is 0 Å². The van der Waals surface area contributed by atoms with Gasteiger partial charge in [-0.05, 0) is 30.0 Å². The summed E-state index contributed by atoms with van der Waals surface area (Å²) >= 11 is 0. The molecule has 0 amide bonds. The van der Waals surface area contributed by atoms with Crippen LogP contribution < -0.4 is 0 Å². The topological polar surface area (TPSA) is 18.5 Å². The average Bonchev–Trinajstić information content (AvgIpc) is 2.65. The zero-order valence-corrected chi connectivity index (χ0v) is 9.17. The molecule has 1 aliphatic carbocycles. The molecule has 1 fully saturated rings. The minimum Gasteiger partial charge on any atom is -0.348 e. The van der Waals surface area contributed by atoms with Gasteiger partial charge in [0.15, 0.2) is 5.79 Å². The first-order valence-electron chi connectivity index (χ1n) is 5.83. The van der Waals surface area contributed by atoms with Gasteiger partial charge in [-0.1, -0.05) is 12.1 Å². The lowest BCUT2D eigenvalue weighted by molar-refractivity contribution is -0.164. The lowest BCUT2D eigenvalue weighted by Gasteiger charge is -2.25. The molecule has 0 bridgehead atoms. The second-order valence-corrected chi connectivity index (χ2v) is 4.49. The van der Waals surface area contributed by atoms with E-state index in [2.05, 4.69) is 0 Å². The molecular weight excluding hydrogens is 207 g/mol. The largest absolute Gasteiger partial charge is 0.348 e. The number of aryl methyl sites for hydroxylation is 1. The highest BCUT2D eigenvalue weighted by Gasteiger charge is 2.38. The molecular formula is C13H15FO2. The van der Waals surface area contributed by atoms with Crippen LogP contribution >= 0.6 is 0 Å². The second kappa shape index (κ2) is 3.82. The number of hydrogen-bond donors (Lipinski definition) is 0. The van der Waals surface area contributed by atoms with E-state index < -0.39 is 5.79 Å². The number of halogens is 1. The van der Waals surface area contributed by atoms with Crippen molar-refractivity contribution in [2.45, 2.75) is 31.5 Å². The zero-order chi connectivity index (χ0) is 11.0. The smallest absolute Gasteiger partial charge is 0.169 e. The summed E-state index contributed by atoms with van der Waals surface area (Å²) in [6, 6.07) is 5.32. The molecule has 1 aromatic rings. The first-order valence-corrected chi connectivity index (χ1v) is 5.83. The third-order valence-electron chi connectivity index (χ3n) is 3.56. The molecule has 3 heteroatoms. The predicted molar refractivity (Wildman–Crippen MR) is 57.7 cm³/mol. The molecule has 0 atom stereocenters. The molecule has 2 nitrogen and oxygen atoms in total. The maximum absolute atomic E-state index is 13.6. The van der Waals surface area contributed by atoms with Gasteiger partial charge in [-0.3, -0.25) is 0 Å². The molecule has 86 valence electrons. The molecule has 3 rings (SSSR count). The highest BCUT2D eigenvalue weighted by atomic mass is 19.1. The molecule has 0 saturated carbocycles. The number of rotatable bonds is 0. The molecule has 0 aromatic heterocycles. The van der Waals surface area contributed by atoms with Crippen LogP contribution in [0.1, 0.15) is 24.0 Å². The SMILES string of the molecule is Fc1cccc2c1CCC1(CC2)OCCO1. The van der Waals surface area contributed by atoms with Crippen LogP contribution in [0.25, 0.3) is 0 Å². The van der Waals surface area contributed by atoms with E-state index in [-0.39, 0.29) is 5.82 Å². The van der Waals surface area contributed by atoms with Gasteiger partial charge in [-0.25, -0.2) is 4.39 Å². The number of ether oxygens (including phenoxy) is 2. The van der Waals surface area contributed by atoms with E-state index in [4.69, 9.17) is 9.47 Å². The Morgan fingerprint density at radius 1 is 1.06 bits per heavy atom. The summed E-state index contributed by atoms with van der Waals surface area (Å²) in [7, 11) is 0. The van der Waals surface area contributed by atoms with Crippen molar-refractivity contribution in [1.29, 1.82) is 0 Å². The van der Waals surface area contributed by atoms with Crippen LogP contribution in [-0.4, -0.2) is 19.0 Å². The first-order chi connectivity index (χ1) is 7.79. The van der Waals surface area contributed by atoms with Crippen molar-refractivity contribution in [3.05, 3.63) is 35.1 Å². The van der Waals surface area contributed by atoms with Crippen LogP contribution in [0.4, 0.5) is 4.39 Å². The normalized spacial score (nSPS) is 23.1. The minimum atomic E-state index is -0.439. The minimum absolute atomic E-state index is 0.0902. The fourth-order valence-corrected chi connectivity index (χ4v) is 2.67. The van der Waals surface area contributed by atoms with E-state index in [0.29, 0.717) is 19.6 Å². The fourth-order valence-electron chi connectivity index (χ4n) is 2.67. The predicted octanol–water partition coefficient (Wildman–Crippen LogP) is 2.45. The second-order valence-electron chi connectivity index (χ2n) is 4.49. The summed E-state index contributed by atoms with van der Waals surface area (Å²) in [6.07, 6.45) is 3.15. The van der Waals surface area contributed by atoms with Gasteiger partial charge in [0.05, 0.1) is 13.2 Å². The number of fused-ring (bicyclic) bond motifs is 1. The van der Waals surface area contributed by atoms with E-state index >= 15 is 0 Å². The summed E-state index contributed by atoms with van der Waals surface area (Å²) < 4.78 is 25.0. The van der Waals surface area contributed by atoms with Gasteiger partial charge in [0.2, 0.25) is 0 Å². The Hall–Kier alpha value is -0.930. The molecule has 1 aromatic carbocycles. The fraction of sp³-hybridized carbons (Fsp3) is 0.538. The van der Waals surface area contributed by atoms with Crippen LogP contribution in [-0.2, 0) is 22.3 Å². The van der Waals surface area contributed by atoms with Crippen LogP contribution in [0.5, 0.6) is 0 Å². The molecule has 0 N–H and O–H groups in total. The zero-order valence-electron chi connectivity index (χ0n) is 9.17. The lowest BCUT2D eigenvalue weighted by atomic mass is 10.0. The monoisotopic (exact) mass is 222 g/mol. The summed E-state index contributed by atoms with van der Waals surface area (Å²) in [6.45, 7) is 1.33. The lowest BCUT2D eigenvalue weighted by Crippen LogP contribution is -2.30. The van der Waals surface area contributed by atoms with Crippen molar-refractivity contribution in [1.82, 2.24) is 0 Å². The van der Waals surface area contributed by atoms with E-state index in [9.17, 15) is 4.39 Å². The quantitative estimate of drug-likeness (QED) is 0.671. The van der Waals surface area contributed by atoms with Crippen LogP contribution in [0.3, 0.4) is 0 Å². The third kappa shape index (κ3) is 1.64. The van der Waals surface area contributed by atoms with Gasteiger partial charge in [-0.15, -0.1) is 0 Å². The first kappa shape index (κ1) is 10.2. The number of benzene rings is 1. The molecule has 0 unspecified atom stereocenters. The summed E-state index contributed by atoms with van der Waals surface area (Å²) in [5.41, 5.74) is 1.95. The van der Waals surface area contributed by atoms with Crippen molar-refractivity contribution in [3.8, 4) is 0 Å². The average molecular weight is 222 g/mol. The van der Waals surface area contributed by atoms with Crippen molar-refractivity contribution in [2.24, 2.45) is 0 Å². The Balaban J connectivity index is 1.89. The van der Waals surface area contributed by atoms with Gasteiger partial charge < -0.3 is 9.47 Å². The summed E-state index contributed by atoms with van der Waals surface area (Å²) in [4.78, 5) is 0. The van der Waals surface area contributed by atoms with Crippen molar-refractivity contribution >= 4 is 0 Å². The Bertz CT molecular complexity index is 397. The van der Waals surface area contributed by atoms with Crippen LogP contribution in [0.2, 0.25) is 0 Å². The highest BCUT2D eigenvalue weighted by Crippen LogP contribution is 2.34. The van der Waals surface area contributed by atoms with Crippen LogP contribution in [0.15, 0.2) is 18.2 Å². The van der Waals surface area contributed by atoms with Gasteiger partial charge in [0, 0.05) is 12.8 Å². The van der Waals surface area contributed by atoms with Crippen LogP contribution in [0, 0.1) is 5.82 Å². The van der Waals surface area contributed by atoms with E-state index in [1.54, 1.807) is 6.07 Å². The Morgan fingerprint density at radius 3 is 2.62 bits per heavy atom. The molecule has 0 radical (unpaired) electrons. The maximum atomic E-state index is 13.6.